The van der Waals surface area contributed by atoms with Crippen LogP contribution in [0, 0.1) is 13.8 Å². The molecule has 36 heavy (non-hydrogen) atoms. The molecule has 0 bridgehead atoms. The molecule has 5 nitrogen and oxygen atoms in total. The number of hydrogen-bond acceptors (Lipinski definition) is 4. The largest absolute Gasteiger partial charge is 0.507 e. The quantitative estimate of drug-likeness (QED) is 0.238. The number of rotatable bonds is 7. The maximum atomic E-state index is 11.9. The lowest BCUT2D eigenvalue weighted by molar-refractivity contribution is 0.457. The zero-order chi connectivity index (χ0) is 26.0. The lowest BCUT2D eigenvalue weighted by Gasteiger charge is -2.25. The summed E-state index contributed by atoms with van der Waals surface area (Å²) in [4.78, 5) is -0.309. The summed E-state index contributed by atoms with van der Waals surface area (Å²) >= 11 is 0. The van der Waals surface area contributed by atoms with Crippen molar-refractivity contribution in [3.63, 3.8) is 0 Å². The average molecular weight is 503 g/mol. The topological polar surface area (TPSA) is 94.8 Å². The normalized spacial score (nSPS) is 13.3. The van der Waals surface area contributed by atoms with Gasteiger partial charge in [0.1, 0.15) is 11.5 Å². The highest BCUT2D eigenvalue weighted by Gasteiger charge is 2.27. The van der Waals surface area contributed by atoms with Crippen LogP contribution in [-0.2, 0) is 10.1 Å². The molecule has 0 aliphatic carbocycles. The summed E-state index contributed by atoms with van der Waals surface area (Å²) < 4.78 is 33.6. The summed E-state index contributed by atoms with van der Waals surface area (Å²) in [6.45, 7) is 5.46. The number of aromatic hydroxyl groups is 2. The predicted molar refractivity (Wildman–Crippen MR) is 142 cm³/mol. The van der Waals surface area contributed by atoms with Gasteiger partial charge in [-0.3, -0.25) is 4.55 Å². The summed E-state index contributed by atoms with van der Waals surface area (Å²) in [6.07, 6.45) is 0.722. The van der Waals surface area contributed by atoms with Gasteiger partial charge in [0.2, 0.25) is 0 Å². The third-order valence-corrected chi connectivity index (χ3v) is 7.87. The second-order valence-corrected chi connectivity index (χ2v) is 10.7. The predicted octanol–water partition coefficient (Wildman–Crippen LogP) is 6.95. The highest BCUT2D eigenvalue weighted by atomic mass is 32.2. The van der Waals surface area contributed by atoms with Crippen LogP contribution in [-0.4, -0.2) is 23.2 Å². The Balaban J connectivity index is 1.91. The molecule has 6 heteroatoms. The number of aryl methyl sites for hydroxylation is 1. The molecule has 0 saturated heterocycles. The van der Waals surface area contributed by atoms with Crippen molar-refractivity contribution in [1.29, 1.82) is 0 Å². The van der Waals surface area contributed by atoms with Crippen LogP contribution >= 0.6 is 0 Å². The first-order valence-electron chi connectivity index (χ1n) is 11.8. The van der Waals surface area contributed by atoms with Gasteiger partial charge in [0.15, 0.2) is 0 Å². The molecule has 0 amide bonds. The van der Waals surface area contributed by atoms with E-state index in [2.05, 4.69) is 19.1 Å². The molecular formula is C30H30O5S. The Morgan fingerprint density at radius 1 is 0.750 bits per heavy atom. The van der Waals surface area contributed by atoms with E-state index in [4.69, 9.17) is 0 Å². The lowest BCUT2D eigenvalue weighted by atomic mass is 9.79. The number of phenols is 2. The van der Waals surface area contributed by atoms with Crippen LogP contribution in [0.15, 0.2) is 89.8 Å². The first kappa shape index (κ1) is 25.5. The molecule has 186 valence electrons. The summed E-state index contributed by atoms with van der Waals surface area (Å²) in [6, 6.07) is 26.3. The molecule has 4 aromatic rings. The Morgan fingerprint density at radius 2 is 1.33 bits per heavy atom. The highest BCUT2D eigenvalue weighted by Crippen LogP contribution is 2.47. The van der Waals surface area contributed by atoms with Crippen LogP contribution < -0.4 is 0 Å². The molecule has 0 aliphatic rings. The van der Waals surface area contributed by atoms with Gasteiger partial charge in [0.25, 0.3) is 10.1 Å². The van der Waals surface area contributed by atoms with Crippen molar-refractivity contribution in [2.75, 3.05) is 0 Å². The molecule has 0 fully saturated rings. The maximum Gasteiger partial charge on any atom is 0.294 e. The number of benzene rings is 4. The van der Waals surface area contributed by atoms with Gasteiger partial charge in [0, 0.05) is 22.6 Å². The minimum Gasteiger partial charge on any atom is -0.507 e. The van der Waals surface area contributed by atoms with E-state index in [0.717, 1.165) is 18.1 Å². The van der Waals surface area contributed by atoms with E-state index in [0.29, 0.717) is 16.7 Å². The van der Waals surface area contributed by atoms with Gasteiger partial charge in [0.05, 0.1) is 4.90 Å². The SMILES string of the molecule is Cc1ccc(C(CC(C)c2ccccc2)c2ccccc2)c(O)c1-c1c(O)ccc(S(=O)(=O)O)c1C. The van der Waals surface area contributed by atoms with Crippen molar-refractivity contribution < 1.29 is 23.2 Å². The van der Waals surface area contributed by atoms with Crippen LogP contribution in [0.4, 0.5) is 0 Å². The smallest absolute Gasteiger partial charge is 0.294 e. The highest BCUT2D eigenvalue weighted by molar-refractivity contribution is 7.85. The van der Waals surface area contributed by atoms with Crippen molar-refractivity contribution in [1.82, 2.24) is 0 Å². The summed E-state index contributed by atoms with van der Waals surface area (Å²) in [5, 5.41) is 22.4. The second kappa shape index (κ2) is 10.2. The standard InChI is InChI=1S/C30H30O5S/c1-19-14-15-24(30(32)28(19)29-21(3)27(36(33,34)35)17-16-26(29)31)25(23-12-8-5-9-13-23)18-20(2)22-10-6-4-7-11-22/h4-17,20,25,31-32H,18H2,1-3H3,(H,33,34,35). The van der Waals surface area contributed by atoms with E-state index in [1.165, 1.54) is 18.6 Å². The fourth-order valence-electron chi connectivity index (χ4n) is 4.98. The zero-order valence-corrected chi connectivity index (χ0v) is 21.3. The molecule has 0 heterocycles. The van der Waals surface area contributed by atoms with E-state index in [-0.39, 0.29) is 39.4 Å². The van der Waals surface area contributed by atoms with Crippen LogP contribution in [0.3, 0.4) is 0 Å². The van der Waals surface area contributed by atoms with Crippen molar-refractivity contribution in [3.05, 3.63) is 113 Å². The third kappa shape index (κ3) is 5.01. The monoisotopic (exact) mass is 502 g/mol. The first-order chi connectivity index (χ1) is 17.1. The maximum absolute atomic E-state index is 11.9. The fraction of sp³-hybridized carbons (Fsp3) is 0.200. The van der Waals surface area contributed by atoms with Gasteiger partial charge in [-0.2, -0.15) is 8.42 Å². The number of hydrogen-bond donors (Lipinski definition) is 3. The Labute approximate surface area is 212 Å². The molecule has 2 unspecified atom stereocenters. The molecule has 0 aromatic heterocycles. The van der Waals surface area contributed by atoms with Gasteiger partial charge in [-0.05, 0) is 60.6 Å². The molecule has 3 N–H and O–H groups in total. The van der Waals surface area contributed by atoms with E-state index < -0.39 is 10.1 Å². The summed E-state index contributed by atoms with van der Waals surface area (Å²) in [5.41, 5.74) is 4.29. The molecule has 2 atom stereocenters. The van der Waals surface area contributed by atoms with E-state index in [1.54, 1.807) is 6.92 Å². The van der Waals surface area contributed by atoms with Gasteiger partial charge >= 0.3 is 0 Å². The second-order valence-electron chi connectivity index (χ2n) is 9.26. The minimum atomic E-state index is -4.52. The van der Waals surface area contributed by atoms with Crippen molar-refractivity contribution in [2.24, 2.45) is 0 Å². The van der Waals surface area contributed by atoms with Crippen molar-refractivity contribution >= 4 is 10.1 Å². The first-order valence-corrected chi connectivity index (χ1v) is 13.3. The molecule has 0 radical (unpaired) electrons. The van der Waals surface area contributed by atoms with Crippen LogP contribution in [0.5, 0.6) is 11.5 Å². The van der Waals surface area contributed by atoms with Crippen LogP contribution in [0.25, 0.3) is 11.1 Å². The molecular weight excluding hydrogens is 472 g/mol. The number of phenolic OH excluding ortho intramolecular Hbond substituents is 2. The lowest BCUT2D eigenvalue weighted by Crippen LogP contribution is -2.08. The fourth-order valence-corrected chi connectivity index (χ4v) is 5.71. The van der Waals surface area contributed by atoms with Crippen LogP contribution in [0.1, 0.15) is 53.0 Å². The average Bonchev–Trinajstić information content (AvgIpc) is 2.85. The molecule has 4 aromatic carbocycles. The third-order valence-electron chi connectivity index (χ3n) is 6.87. The summed E-state index contributed by atoms with van der Waals surface area (Å²) in [7, 11) is -4.52. The molecule has 4 rings (SSSR count). The van der Waals surface area contributed by atoms with E-state index in [9.17, 15) is 23.2 Å². The van der Waals surface area contributed by atoms with Crippen molar-refractivity contribution in [3.8, 4) is 22.6 Å². The van der Waals surface area contributed by atoms with Gasteiger partial charge in [-0.25, -0.2) is 0 Å². The molecule has 0 aliphatic heterocycles. The van der Waals surface area contributed by atoms with Crippen LogP contribution in [0.2, 0.25) is 0 Å². The van der Waals surface area contributed by atoms with Crippen molar-refractivity contribution in [2.45, 2.75) is 43.9 Å². The van der Waals surface area contributed by atoms with Gasteiger partial charge in [-0.1, -0.05) is 79.7 Å². The minimum absolute atomic E-state index is 0.0185. The Morgan fingerprint density at radius 3 is 1.92 bits per heavy atom. The van der Waals surface area contributed by atoms with Gasteiger partial charge < -0.3 is 10.2 Å². The molecule has 0 spiro atoms. The Kier molecular flexibility index (Phi) is 7.20. The van der Waals surface area contributed by atoms with E-state index >= 15 is 0 Å². The molecule has 0 saturated carbocycles. The zero-order valence-electron chi connectivity index (χ0n) is 20.5. The Hall–Kier alpha value is -3.61. The summed E-state index contributed by atoms with van der Waals surface area (Å²) in [5.74, 6) is -0.161. The Bertz CT molecular complexity index is 1480. The van der Waals surface area contributed by atoms with Gasteiger partial charge in [-0.15, -0.1) is 0 Å². The van der Waals surface area contributed by atoms with E-state index in [1.807, 2.05) is 60.7 Å².